The lowest BCUT2D eigenvalue weighted by atomic mass is 10.1. The third-order valence-corrected chi connectivity index (χ3v) is 5.67. The number of hydrogen-bond acceptors (Lipinski definition) is 5. The molecule has 3 atom stereocenters. The molecule has 0 spiro atoms. The summed E-state index contributed by atoms with van der Waals surface area (Å²) < 4.78 is 31.8. The van der Waals surface area contributed by atoms with Crippen LogP contribution in [-0.4, -0.2) is 51.9 Å². The molecule has 8 heteroatoms. The minimum atomic E-state index is -3.38. The van der Waals surface area contributed by atoms with Gasteiger partial charge >= 0.3 is 0 Å². The first kappa shape index (κ1) is 17.7. The molecule has 1 aliphatic carbocycles. The standard InChI is InChI=1S/C14H27N3O4S/c15-12-5-4-11(9-12)14(18)16-6-8-22(19,20)17-10-13-3-1-2-7-21-13/h11-13,17H,1-10,15H2,(H,16,18). The Morgan fingerprint density at radius 2 is 2.05 bits per heavy atom. The second-order valence-electron chi connectivity index (χ2n) is 6.22. The summed E-state index contributed by atoms with van der Waals surface area (Å²) in [6.45, 7) is 1.14. The molecule has 0 radical (unpaired) electrons. The molecule has 128 valence electrons. The minimum absolute atomic E-state index is 0.0295. The number of carbonyl (C=O) groups is 1. The third kappa shape index (κ3) is 5.83. The predicted octanol–water partition coefficient (Wildman–Crippen LogP) is -0.281. The molecule has 0 aromatic carbocycles. The molecule has 1 saturated carbocycles. The van der Waals surface area contributed by atoms with Gasteiger partial charge in [-0.15, -0.1) is 0 Å². The zero-order chi connectivity index (χ0) is 16.0. The summed E-state index contributed by atoms with van der Waals surface area (Å²) in [6, 6.07) is 0.0941. The molecule has 1 heterocycles. The van der Waals surface area contributed by atoms with Crippen molar-refractivity contribution in [3.05, 3.63) is 0 Å². The summed E-state index contributed by atoms with van der Waals surface area (Å²) >= 11 is 0. The largest absolute Gasteiger partial charge is 0.377 e. The van der Waals surface area contributed by atoms with E-state index < -0.39 is 10.0 Å². The fourth-order valence-electron chi connectivity index (χ4n) is 2.97. The van der Waals surface area contributed by atoms with Gasteiger partial charge < -0.3 is 15.8 Å². The van der Waals surface area contributed by atoms with Crippen LogP contribution in [0, 0.1) is 5.92 Å². The Labute approximate surface area is 132 Å². The normalized spacial score (nSPS) is 29.4. The van der Waals surface area contributed by atoms with Crippen LogP contribution in [0.5, 0.6) is 0 Å². The first-order valence-corrected chi connectivity index (χ1v) is 9.74. The molecule has 4 N–H and O–H groups in total. The van der Waals surface area contributed by atoms with Gasteiger partial charge in [0.2, 0.25) is 15.9 Å². The molecule has 7 nitrogen and oxygen atoms in total. The van der Waals surface area contributed by atoms with Crippen LogP contribution in [0.1, 0.15) is 38.5 Å². The zero-order valence-corrected chi connectivity index (χ0v) is 13.7. The molecular formula is C14H27N3O4S. The molecular weight excluding hydrogens is 306 g/mol. The highest BCUT2D eigenvalue weighted by Crippen LogP contribution is 2.23. The quantitative estimate of drug-likeness (QED) is 0.593. The second kappa shape index (κ2) is 8.24. The molecule has 2 fully saturated rings. The third-order valence-electron chi connectivity index (χ3n) is 4.32. The van der Waals surface area contributed by atoms with Crippen LogP contribution in [0.2, 0.25) is 0 Å². The molecule has 3 unspecified atom stereocenters. The number of nitrogens with one attached hydrogen (secondary N) is 2. The van der Waals surface area contributed by atoms with Crippen LogP contribution in [0.4, 0.5) is 0 Å². The number of carbonyl (C=O) groups excluding carboxylic acids is 1. The van der Waals surface area contributed by atoms with E-state index in [1.54, 1.807) is 0 Å². The highest BCUT2D eigenvalue weighted by atomic mass is 32.2. The Morgan fingerprint density at radius 3 is 2.68 bits per heavy atom. The lowest BCUT2D eigenvalue weighted by molar-refractivity contribution is -0.124. The fourth-order valence-corrected chi connectivity index (χ4v) is 3.92. The number of sulfonamides is 1. The van der Waals surface area contributed by atoms with Crippen molar-refractivity contribution >= 4 is 15.9 Å². The molecule has 1 aliphatic heterocycles. The molecule has 0 aromatic heterocycles. The van der Waals surface area contributed by atoms with Crippen molar-refractivity contribution in [2.24, 2.45) is 11.7 Å². The number of rotatable bonds is 7. The van der Waals surface area contributed by atoms with Crippen LogP contribution in [0.25, 0.3) is 0 Å². The Balaban J connectivity index is 1.63. The highest BCUT2D eigenvalue weighted by Gasteiger charge is 2.27. The zero-order valence-electron chi connectivity index (χ0n) is 12.9. The topological polar surface area (TPSA) is 111 Å². The van der Waals surface area contributed by atoms with E-state index in [0.29, 0.717) is 19.6 Å². The van der Waals surface area contributed by atoms with Crippen molar-refractivity contribution in [2.75, 3.05) is 25.4 Å². The van der Waals surface area contributed by atoms with E-state index in [1.807, 2.05) is 0 Å². The van der Waals surface area contributed by atoms with Crippen LogP contribution in [0.15, 0.2) is 0 Å². The van der Waals surface area contributed by atoms with E-state index in [-0.39, 0.29) is 36.3 Å². The van der Waals surface area contributed by atoms with E-state index in [2.05, 4.69) is 10.0 Å². The lowest BCUT2D eigenvalue weighted by Gasteiger charge is -2.22. The highest BCUT2D eigenvalue weighted by molar-refractivity contribution is 7.89. The van der Waals surface area contributed by atoms with Gasteiger partial charge in [0.15, 0.2) is 0 Å². The molecule has 2 aliphatic rings. The van der Waals surface area contributed by atoms with Gasteiger partial charge in [-0.3, -0.25) is 4.79 Å². The fraction of sp³-hybridized carbons (Fsp3) is 0.929. The van der Waals surface area contributed by atoms with E-state index in [9.17, 15) is 13.2 Å². The first-order chi connectivity index (χ1) is 10.5. The summed E-state index contributed by atoms with van der Waals surface area (Å²) in [5, 5.41) is 2.69. The average molecular weight is 333 g/mol. The van der Waals surface area contributed by atoms with Crippen molar-refractivity contribution in [1.29, 1.82) is 0 Å². The molecule has 1 saturated heterocycles. The first-order valence-electron chi connectivity index (χ1n) is 8.08. The maximum absolute atomic E-state index is 11.9. The smallest absolute Gasteiger partial charge is 0.223 e. The van der Waals surface area contributed by atoms with Gasteiger partial charge in [0.25, 0.3) is 0 Å². The van der Waals surface area contributed by atoms with Gasteiger partial charge in [0.05, 0.1) is 11.9 Å². The number of hydrogen-bond donors (Lipinski definition) is 3. The van der Waals surface area contributed by atoms with Gasteiger partial charge in [-0.2, -0.15) is 0 Å². The SMILES string of the molecule is NC1CCC(C(=O)NCCS(=O)(=O)NCC2CCCCO2)C1. The van der Waals surface area contributed by atoms with Crippen LogP contribution in [0.3, 0.4) is 0 Å². The molecule has 2 rings (SSSR count). The van der Waals surface area contributed by atoms with Gasteiger partial charge in [-0.25, -0.2) is 13.1 Å². The number of amides is 1. The van der Waals surface area contributed by atoms with E-state index >= 15 is 0 Å². The molecule has 0 bridgehead atoms. The Bertz CT molecular complexity index is 463. The number of ether oxygens (including phenoxy) is 1. The summed E-state index contributed by atoms with van der Waals surface area (Å²) in [4.78, 5) is 11.9. The van der Waals surface area contributed by atoms with Gasteiger partial charge in [-0.05, 0) is 38.5 Å². The van der Waals surface area contributed by atoms with Gasteiger partial charge in [0.1, 0.15) is 0 Å². The molecule has 22 heavy (non-hydrogen) atoms. The lowest BCUT2D eigenvalue weighted by Crippen LogP contribution is -2.40. The Hall–Kier alpha value is -0.700. The average Bonchev–Trinajstić information content (AvgIpc) is 2.93. The summed E-state index contributed by atoms with van der Waals surface area (Å²) in [6.07, 6.45) is 5.32. The summed E-state index contributed by atoms with van der Waals surface area (Å²) in [5.74, 6) is -0.260. The van der Waals surface area contributed by atoms with E-state index in [1.165, 1.54) is 0 Å². The summed E-state index contributed by atoms with van der Waals surface area (Å²) in [7, 11) is -3.38. The molecule has 0 aromatic rings. The van der Waals surface area contributed by atoms with Crippen molar-refractivity contribution in [2.45, 2.75) is 50.7 Å². The van der Waals surface area contributed by atoms with Gasteiger partial charge in [-0.1, -0.05) is 0 Å². The van der Waals surface area contributed by atoms with Crippen molar-refractivity contribution in [3.8, 4) is 0 Å². The van der Waals surface area contributed by atoms with Crippen molar-refractivity contribution in [1.82, 2.24) is 10.0 Å². The van der Waals surface area contributed by atoms with Crippen LogP contribution < -0.4 is 15.8 Å². The predicted molar refractivity (Wildman–Crippen MR) is 83.7 cm³/mol. The van der Waals surface area contributed by atoms with Crippen LogP contribution >= 0.6 is 0 Å². The van der Waals surface area contributed by atoms with Crippen molar-refractivity contribution < 1.29 is 17.9 Å². The van der Waals surface area contributed by atoms with Crippen molar-refractivity contribution in [3.63, 3.8) is 0 Å². The Morgan fingerprint density at radius 1 is 1.23 bits per heavy atom. The van der Waals surface area contributed by atoms with E-state index in [0.717, 1.165) is 32.1 Å². The van der Waals surface area contributed by atoms with E-state index in [4.69, 9.17) is 10.5 Å². The maximum atomic E-state index is 11.9. The summed E-state index contributed by atoms with van der Waals surface area (Å²) in [5.41, 5.74) is 5.77. The number of nitrogens with two attached hydrogens (primary N) is 1. The monoisotopic (exact) mass is 333 g/mol. The Kier molecular flexibility index (Phi) is 6.61. The van der Waals surface area contributed by atoms with Crippen LogP contribution in [-0.2, 0) is 19.6 Å². The minimum Gasteiger partial charge on any atom is -0.377 e. The van der Waals surface area contributed by atoms with Gasteiger partial charge in [0, 0.05) is 31.7 Å². The maximum Gasteiger partial charge on any atom is 0.223 e. The molecule has 1 amide bonds. The second-order valence-corrected chi connectivity index (χ2v) is 8.14.